The number of benzene rings is 1. The largest absolute Gasteiger partial charge is 0.446 e. The molecule has 0 amide bonds. The van der Waals surface area contributed by atoms with Crippen LogP contribution in [0.4, 0.5) is 8.78 Å². The summed E-state index contributed by atoms with van der Waals surface area (Å²) in [4.78, 5) is 0. The molecule has 0 atom stereocenters. The fourth-order valence-corrected chi connectivity index (χ4v) is 0.772. The standard InChI is InChI=1S/C7H7BF2O/c1-8(11)5-2-3-6(9)7(10)4-5/h2-4,11H,1H3. The molecule has 0 unspecified atom stereocenters. The molecule has 0 spiro atoms. The topological polar surface area (TPSA) is 20.2 Å². The summed E-state index contributed by atoms with van der Waals surface area (Å²) in [5.74, 6) is -1.82. The Balaban J connectivity index is 3.05. The van der Waals surface area contributed by atoms with E-state index in [4.69, 9.17) is 5.02 Å². The van der Waals surface area contributed by atoms with Gasteiger partial charge in [0, 0.05) is 0 Å². The van der Waals surface area contributed by atoms with Crippen LogP contribution in [0.1, 0.15) is 0 Å². The molecular formula is C7H7BF2O. The van der Waals surface area contributed by atoms with E-state index >= 15 is 0 Å². The lowest BCUT2D eigenvalue weighted by Crippen LogP contribution is -2.26. The first-order valence-electron chi connectivity index (χ1n) is 3.24. The Morgan fingerprint density at radius 2 is 1.91 bits per heavy atom. The first-order valence-corrected chi connectivity index (χ1v) is 3.24. The van der Waals surface area contributed by atoms with Gasteiger partial charge in [-0.1, -0.05) is 12.9 Å². The lowest BCUT2D eigenvalue weighted by Gasteiger charge is -1.99. The fourth-order valence-electron chi connectivity index (χ4n) is 0.772. The fraction of sp³-hybridized carbons (Fsp3) is 0.143. The zero-order valence-corrected chi connectivity index (χ0v) is 6.01. The molecule has 0 saturated heterocycles. The molecule has 4 heteroatoms. The molecule has 11 heavy (non-hydrogen) atoms. The quantitative estimate of drug-likeness (QED) is 0.595. The second-order valence-electron chi connectivity index (χ2n) is 2.35. The van der Waals surface area contributed by atoms with Crippen LogP contribution in [0.15, 0.2) is 18.2 Å². The maximum Gasteiger partial charge on any atom is 0.320 e. The molecule has 1 nitrogen and oxygen atoms in total. The van der Waals surface area contributed by atoms with Gasteiger partial charge in [-0.05, 0) is 17.6 Å². The van der Waals surface area contributed by atoms with E-state index < -0.39 is 18.6 Å². The minimum Gasteiger partial charge on any atom is -0.446 e. The summed E-state index contributed by atoms with van der Waals surface area (Å²) in [7, 11) is 0. The van der Waals surface area contributed by atoms with E-state index in [1.54, 1.807) is 0 Å². The van der Waals surface area contributed by atoms with Crippen LogP contribution in [0.25, 0.3) is 0 Å². The maximum absolute atomic E-state index is 12.5. The van der Waals surface area contributed by atoms with Crippen molar-refractivity contribution >= 4 is 12.4 Å². The average molecular weight is 156 g/mol. The van der Waals surface area contributed by atoms with Crippen molar-refractivity contribution in [2.24, 2.45) is 0 Å². The summed E-state index contributed by atoms with van der Waals surface area (Å²) in [5.41, 5.74) is 0.379. The predicted octanol–water partition coefficient (Wildman–Crippen LogP) is 0.785. The highest BCUT2D eigenvalue weighted by molar-refractivity contribution is 6.64. The average Bonchev–Trinajstić information content (AvgIpc) is 1.94. The third-order valence-corrected chi connectivity index (χ3v) is 1.43. The Hall–Kier alpha value is -0.895. The molecule has 1 N–H and O–H groups in total. The molecule has 0 bridgehead atoms. The van der Waals surface area contributed by atoms with Gasteiger partial charge in [-0.25, -0.2) is 8.78 Å². The van der Waals surface area contributed by atoms with E-state index in [0.29, 0.717) is 5.46 Å². The van der Waals surface area contributed by atoms with Gasteiger partial charge in [0.05, 0.1) is 0 Å². The monoisotopic (exact) mass is 156 g/mol. The van der Waals surface area contributed by atoms with E-state index in [1.807, 2.05) is 0 Å². The number of halogens is 2. The normalized spacial score (nSPS) is 9.82. The molecule has 0 aliphatic heterocycles. The van der Waals surface area contributed by atoms with Crippen LogP contribution in [0.2, 0.25) is 6.82 Å². The van der Waals surface area contributed by atoms with Gasteiger partial charge in [0.15, 0.2) is 11.6 Å². The maximum atomic E-state index is 12.5. The summed E-state index contributed by atoms with van der Waals surface area (Å²) in [6.45, 7) is 0.734. The van der Waals surface area contributed by atoms with Crippen LogP contribution in [0.3, 0.4) is 0 Å². The second kappa shape index (κ2) is 3.01. The van der Waals surface area contributed by atoms with Crippen LogP contribution in [-0.4, -0.2) is 11.9 Å². The van der Waals surface area contributed by atoms with Crippen LogP contribution in [0.5, 0.6) is 0 Å². The van der Waals surface area contributed by atoms with Gasteiger partial charge in [-0.15, -0.1) is 0 Å². The summed E-state index contributed by atoms with van der Waals surface area (Å²) in [5, 5.41) is 8.95. The molecule has 0 heterocycles. The Kier molecular flexibility index (Phi) is 2.24. The third-order valence-electron chi connectivity index (χ3n) is 1.43. The Bertz CT molecular complexity index is 263. The molecule has 0 radical (unpaired) electrons. The van der Waals surface area contributed by atoms with Gasteiger partial charge in [-0.3, -0.25) is 0 Å². The van der Waals surface area contributed by atoms with Gasteiger partial charge >= 0.3 is 6.92 Å². The van der Waals surface area contributed by atoms with Gasteiger partial charge in [-0.2, -0.15) is 0 Å². The molecule has 0 aliphatic carbocycles. The van der Waals surface area contributed by atoms with Crippen molar-refractivity contribution in [1.29, 1.82) is 0 Å². The minimum absolute atomic E-state index is 0.379. The first kappa shape index (κ1) is 8.20. The van der Waals surface area contributed by atoms with Crippen molar-refractivity contribution in [3.8, 4) is 0 Å². The number of rotatable bonds is 1. The summed E-state index contributed by atoms with van der Waals surface area (Å²) < 4.78 is 24.8. The van der Waals surface area contributed by atoms with Gasteiger partial charge < -0.3 is 5.02 Å². The van der Waals surface area contributed by atoms with Crippen molar-refractivity contribution in [1.82, 2.24) is 0 Å². The van der Waals surface area contributed by atoms with E-state index in [-0.39, 0.29) is 0 Å². The van der Waals surface area contributed by atoms with Crippen molar-refractivity contribution in [2.75, 3.05) is 0 Å². The SMILES string of the molecule is CB(O)c1ccc(F)c(F)c1. The Morgan fingerprint density at radius 3 is 2.36 bits per heavy atom. The van der Waals surface area contributed by atoms with Crippen LogP contribution >= 0.6 is 0 Å². The zero-order chi connectivity index (χ0) is 8.43. The molecule has 0 aromatic heterocycles. The van der Waals surface area contributed by atoms with Crippen molar-refractivity contribution in [2.45, 2.75) is 6.82 Å². The van der Waals surface area contributed by atoms with Crippen LogP contribution in [0, 0.1) is 11.6 Å². The third kappa shape index (κ3) is 1.77. The number of hydrogen-bond donors (Lipinski definition) is 1. The van der Waals surface area contributed by atoms with Crippen molar-refractivity contribution in [3.05, 3.63) is 29.8 Å². The molecule has 1 rings (SSSR count). The Morgan fingerprint density at radius 1 is 1.27 bits per heavy atom. The molecule has 0 fully saturated rings. The lowest BCUT2D eigenvalue weighted by atomic mass is 9.64. The minimum atomic E-state index is -0.927. The van der Waals surface area contributed by atoms with Crippen LogP contribution in [-0.2, 0) is 0 Å². The van der Waals surface area contributed by atoms with Crippen molar-refractivity contribution < 1.29 is 13.8 Å². The first-order chi connectivity index (χ1) is 5.11. The molecule has 0 saturated carbocycles. The summed E-state index contributed by atoms with van der Waals surface area (Å²) in [6.07, 6.45) is 0. The van der Waals surface area contributed by atoms with Crippen LogP contribution < -0.4 is 5.46 Å². The lowest BCUT2D eigenvalue weighted by molar-refractivity contribution is 0.509. The molecule has 1 aromatic rings. The molecule has 1 aromatic carbocycles. The summed E-state index contributed by atoms with van der Waals surface area (Å²) in [6, 6.07) is 3.33. The highest BCUT2D eigenvalue weighted by atomic mass is 19.2. The van der Waals surface area contributed by atoms with Crippen molar-refractivity contribution in [3.63, 3.8) is 0 Å². The predicted molar refractivity (Wildman–Crippen MR) is 39.8 cm³/mol. The number of hydrogen-bond acceptors (Lipinski definition) is 1. The van der Waals surface area contributed by atoms with E-state index in [2.05, 4.69) is 0 Å². The van der Waals surface area contributed by atoms with E-state index in [9.17, 15) is 8.78 Å². The second-order valence-corrected chi connectivity index (χ2v) is 2.35. The van der Waals surface area contributed by atoms with Gasteiger partial charge in [0.1, 0.15) is 0 Å². The van der Waals surface area contributed by atoms with E-state index in [0.717, 1.165) is 12.1 Å². The highest BCUT2D eigenvalue weighted by Gasteiger charge is 2.09. The smallest absolute Gasteiger partial charge is 0.320 e. The van der Waals surface area contributed by atoms with Gasteiger partial charge in [0.25, 0.3) is 0 Å². The zero-order valence-electron chi connectivity index (χ0n) is 6.01. The van der Waals surface area contributed by atoms with Gasteiger partial charge in [0.2, 0.25) is 0 Å². The highest BCUT2D eigenvalue weighted by Crippen LogP contribution is 2.01. The molecular weight excluding hydrogens is 149 g/mol. The molecule has 58 valence electrons. The molecule has 0 aliphatic rings. The Labute approximate surface area is 63.8 Å². The summed E-state index contributed by atoms with van der Waals surface area (Å²) >= 11 is 0. The van der Waals surface area contributed by atoms with E-state index in [1.165, 1.54) is 12.9 Å².